The molecule has 204 valence electrons. The lowest BCUT2D eigenvalue weighted by Crippen LogP contribution is -2.43. The molecule has 2 aromatic carbocycles. The number of amides is 1. The van der Waals surface area contributed by atoms with Crippen molar-refractivity contribution in [2.24, 2.45) is 0 Å². The number of thioether (sulfide) groups is 1. The third kappa shape index (κ3) is 7.34. The zero-order valence-corrected chi connectivity index (χ0v) is 22.2. The number of anilines is 5. The lowest BCUT2D eigenvalue weighted by atomic mass is 10.2. The highest BCUT2D eigenvalue weighted by molar-refractivity contribution is 7.98. The molecule has 3 aromatic rings. The Morgan fingerprint density at radius 1 is 1.05 bits per heavy atom. The summed E-state index contributed by atoms with van der Waals surface area (Å²) < 4.78 is 70.6. The lowest BCUT2D eigenvalue weighted by Gasteiger charge is -2.23. The highest BCUT2D eigenvalue weighted by atomic mass is 32.2. The Bertz CT molecular complexity index is 1370. The second-order valence-corrected chi connectivity index (χ2v) is 10.3. The Kier molecular flexibility index (Phi) is 9.54. The minimum atomic E-state index is -5.03. The molecule has 0 saturated carbocycles. The topological polar surface area (TPSA) is 126 Å². The first kappa shape index (κ1) is 29.2. The number of carbonyl (C=O) groups excluding carboxylic acids is 1. The van der Waals surface area contributed by atoms with Crippen molar-refractivity contribution in [1.29, 1.82) is 0 Å². The van der Waals surface area contributed by atoms with Crippen LogP contribution in [0, 0.1) is 0 Å². The molecule has 10 nitrogen and oxygen atoms in total. The first-order valence-corrected chi connectivity index (χ1v) is 13.6. The molecule has 1 aromatic heterocycles. The molecule has 3 rings (SSSR count). The Hall–Kier alpha value is -3.40. The number of sulfonamides is 1. The summed E-state index contributed by atoms with van der Waals surface area (Å²) in [5, 5.41) is 6.11. The van der Waals surface area contributed by atoms with E-state index in [1.807, 2.05) is 6.26 Å². The molecule has 3 N–H and O–H groups in total. The van der Waals surface area contributed by atoms with E-state index in [0.29, 0.717) is 27.9 Å². The third-order valence-corrected chi connectivity index (χ3v) is 7.35. The fourth-order valence-corrected chi connectivity index (χ4v) is 4.55. The molecule has 0 aliphatic heterocycles. The van der Waals surface area contributed by atoms with Crippen molar-refractivity contribution >= 4 is 56.4 Å². The standard InChI is InChI=1S/C23H25F3N6O4S2/c1-27-38(34,35)17-8-9-19(37-3)18(12-17)31-21-13-20(28-14-29-21)30-15-4-6-16(7-5-15)32(10-11-36-2)22(33)23(24,25)26/h4-9,12-14,27H,10-11H2,1-3H3,(H2,28,29,30,31). The van der Waals surface area contributed by atoms with Gasteiger partial charge in [0, 0.05) is 36.0 Å². The average molecular weight is 571 g/mol. The number of aromatic nitrogens is 2. The molecular formula is C23H25F3N6O4S2. The van der Waals surface area contributed by atoms with E-state index in [9.17, 15) is 26.4 Å². The quantitative estimate of drug-likeness (QED) is 0.292. The largest absolute Gasteiger partial charge is 0.471 e. The maximum absolute atomic E-state index is 13.0. The van der Waals surface area contributed by atoms with Crippen LogP contribution in [0.1, 0.15) is 0 Å². The van der Waals surface area contributed by atoms with E-state index in [4.69, 9.17) is 4.74 Å². The Labute approximate surface area is 222 Å². The number of hydrogen-bond donors (Lipinski definition) is 3. The molecule has 0 saturated heterocycles. The van der Waals surface area contributed by atoms with Crippen LogP contribution in [0.5, 0.6) is 0 Å². The normalized spacial score (nSPS) is 11.7. The third-order valence-electron chi connectivity index (χ3n) is 5.14. The van der Waals surface area contributed by atoms with Crippen LogP contribution in [-0.2, 0) is 19.6 Å². The van der Waals surface area contributed by atoms with Gasteiger partial charge in [0.2, 0.25) is 10.0 Å². The van der Waals surface area contributed by atoms with Gasteiger partial charge in [0.15, 0.2) is 0 Å². The summed E-state index contributed by atoms with van der Waals surface area (Å²) in [6.07, 6.45) is -1.88. The fourth-order valence-electron chi connectivity index (χ4n) is 3.26. The van der Waals surface area contributed by atoms with Crippen LogP contribution in [0.25, 0.3) is 0 Å². The fraction of sp³-hybridized carbons (Fsp3) is 0.261. The van der Waals surface area contributed by atoms with E-state index < -0.39 is 22.1 Å². The number of hydrogen-bond acceptors (Lipinski definition) is 9. The second kappa shape index (κ2) is 12.4. The average Bonchev–Trinajstić information content (AvgIpc) is 2.89. The summed E-state index contributed by atoms with van der Waals surface area (Å²) >= 11 is 1.42. The van der Waals surface area contributed by atoms with Crippen LogP contribution in [0.4, 0.5) is 41.9 Å². The number of rotatable bonds is 11. The van der Waals surface area contributed by atoms with E-state index in [1.165, 1.54) is 68.6 Å². The van der Waals surface area contributed by atoms with E-state index >= 15 is 0 Å². The molecule has 0 fully saturated rings. The minimum absolute atomic E-state index is 0.0565. The van der Waals surface area contributed by atoms with Gasteiger partial charge >= 0.3 is 12.1 Å². The first-order chi connectivity index (χ1) is 18.0. The Morgan fingerprint density at radius 3 is 2.29 bits per heavy atom. The molecule has 0 unspecified atom stereocenters. The maximum Gasteiger partial charge on any atom is 0.471 e. The van der Waals surface area contributed by atoms with E-state index in [-0.39, 0.29) is 23.7 Å². The van der Waals surface area contributed by atoms with Crippen molar-refractivity contribution < 1.29 is 31.1 Å². The Morgan fingerprint density at radius 2 is 1.71 bits per heavy atom. The zero-order valence-electron chi connectivity index (χ0n) is 20.5. The van der Waals surface area contributed by atoms with Crippen molar-refractivity contribution in [1.82, 2.24) is 14.7 Å². The minimum Gasteiger partial charge on any atom is -0.383 e. The van der Waals surface area contributed by atoms with Crippen LogP contribution in [-0.4, -0.2) is 64.0 Å². The van der Waals surface area contributed by atoms with Gasteiger partial charge in [0.05, 0.1) is 17.2 Å². The number of nitrogens with one attached hydrogen (secondary N) is 3. The number of nitrogens with zero attached hydrogens (tertiary/aromatic N) is 3. The Balaban J connectivity index is 1.80. The molecule has 1 heterocycles. The molecule has 0 radical (unpaired) electrons. The number of carbonyl (C=O) groups is 1. The molecule has 0 aliphatic carbocycles. The smallest absolute Gasteiger partial charge is 0.383 e. The van der Waals surface area contributed by atoms with E-state index in [1.54, 1.807) is 12.1 Å². The van der Waals surface area contributed by atoms with Gasteiger partial charge in [-0.05, 0) is 55.8 Å². The summed E-state index contributed by atoms with van der Waals surface area (Å²) in [4.78, 5) is 21.6. The highest BCUT2D eigenvalue weighted by Crippen LogP contribution is 2.31. The van der Waals surface area contributed by atoms with Gasteiger partial charge in [-0.2, -0.15) is 13.2 Å². The molecule has 0 atom stereocenters. The van der Waals surface area contributed by atoms with Crippen LogP contribution >= 0.6 is 11.8 Å². The number of alkyl halides is 3. The maximum atomic E-state index is 13.0. The molecule has 15 heteroatoms. The lowest BCUT2D eigenvalue weighted by molar-refractivity contribution is -0.170. The molecule has 0 bridgehead atoms. The summed E-state index contributed by atoms with van der Waals surface area (Å²) in [5.74, 6) is -1.25. The number of methoxy groups -OCH3 is 1. The van der Waals surface area contributed by atoms with Crippen molar-refractivity contribution in [3.63, 3.8) is 0 Å². The van der Waals surface area contributed by atoms with E-state index in [0.717, 1.165) is 4.90 Å². The van der Waals surface area contributed by atoms with Crippen molar-refractivity contribution in [3.05, 3.63) is 54.9 Å². The van der Waals surface area contributed by atoms with Gasteiger partial charge in [0.25, 0.3) is 0 Å². The first-order valence-electron chi connectivity index (χ1n) is 10.9. The summed E-state index contributed by atoms with van der Waals surface area (Å²) in [5.41, 5.74) is 1.07. The number of benzene rings is 2. The number of ether oxygens (including phenoxy) is 1. The zero-order chi connectivity index (χ0) is 27.9. The van der Waals surface area contributed by atoms with Crippen molar-refractivity contribution in [2.45, 2.75) is 16.0 Å². The van der Waals surface area contributed by atoms with Crippen LogP contribution < -0.4 is 20.3 Å². The predicted molar refractivity (Wildman–Crippen MR) is 140 cm³/mol. The summed E-state index contributed by atoms with van der Waals surface area (Å²) in [7, 11) is -0.999. The summed E-state index contributed by atoms with van der Waals surface area (Å²) in [6.45, 7) is -0.335. The van der Waals surface area contributed by atoms with Crippen LogP contribution in [0.15, 0.2) is 64.6 Å². The number of halogens is 3. The monoisotopic (exact) mass is 570 g/mol. The molecule has 38 heavy (non-hydrogen) atoms. The van der Waals surface area contributed by atoms with E-state index in [2.05, 4.69) is 25.3 Å². The van der Waals surface area contributed by atoms with Gasteiger partial charge in [0.1, 0.15) is 18.0 Å². The molecule has 1 amide bonds. The van der Waals surface area contributed by atoms with Gasteiger partial charge in [-0.1, -0.05) is 0 Å². The molecular weight excluding hydrogens is 545 g/mol. The highest BCUT2D eigenvalue weighted by Gasteiger charge is 2.42. The predicted octanol–water partition coefficient (Wildman–Crippen LogP) is 4.14. The second-order valence-electron chi connectivity index (χ2n) is 7.60. The van der Waals surface area contributed by atoms with Gasteiger partial charge in [-0.25, -0.2) is 23.1 Å². The van der Waals surface area contributed by atoms with Gasteiger partial charge in [-0.3, -0.25) is 4.79 Å². The molecule has 0 aliphatic rings. The molecule has 0 spiro atoms. The summed E-state index contributed by atoms with van der Waals surface area (Å²) in [6, 6.07) is 12.0. The van der Waals surface area contributed by atoms with Gasteiger partial charge < -0.3 is 20.3 Å². The van der Waals surface area contributed by atoms with Crippen LogP contribution in [0.3, 0.4) is 0 Å². The van der Waals surface area contributed by atoms with Crippen molar-refractivity contribution in [2.75, 3.05) is 49.1 Å². The van der Waals surface area contributed by atoms with Crippen molar-refractivity contribution in [3.8, 4) is 0 Å². The SMILES string of the molecule is CNS(=O)(=O)c1ccc(SC)c(Nc2cc(Nc3ccc(N(CCOC)C(=O)C(F)(F)F)cc3)ncn2)c1. The van der Waals surface area contributed by atoms with Crippen LogP contribution in [0.2, 0.25) is 0 Å². The van der Waals surface area contributed by atoms with Gasteiger partial charge in [-0.15, -0.1) is 11.8 Å².